The third-order valence-corrected chi connectivity index (χ3v) is 5.35. The first-order valence-electron chi connectivity index (χ1n) is 8.68. The van der Waals surface area contributed by atoms with Gasteiger partial charge >= 0.3 is 0 Å². The van der Waals surface area contributed by atoms with Crippen LogP contribution in [0.15, 0.2) is 59.9 Å². The van der Waals surface area contributed by atoms with Crippen LogP contribution in [0.5, 0.6) is 0 Å². The Bertz CT molecular complexity index is 1000. The number of anilines is 1. The lowest BCUT2D eigenvalue weighted by atomic mass is 10.2. The average molecular weight is 431 g/mol. The number of amides is 2. The van der Waals surface area contributed by atoms with Crippen molar-refractivity contribution in [2.24, 2.45) is 5.73 Å². The highest BCUT2D eigenvalue weighted by molar-refractivity contribution is 7.99. The Morgan fingerprint density at radius 1 is 1.14 bits per heavy atom. The number of hydrogen-bond acceptors (Lipinski definition) is 5. The molecule has 0 saturated carbocycles. The monoisotopic (exact) mass is 430 g/mol. The standard InChI is InChI=1S/C20H19ClN4O3S/c21-15-5-1-13(2-6-15)10-25-17(11-26)9-23-20(25)29-12-18(27)24-16-7-3-14(4-8-16)19(22)28/h1-9,26H,10-12H2,(H2,22,28)(H,24,27). The predicted octanol–water partition coefficient (Wildman–Crippen LogP) is 2.91. The number of primary amides is 1. The van der Waals surface area contributed by atoms with Crippen LogP contribution in [0.25, 0.3) is 0 Å². The summed E-state index contributed by atoms with van der Waals surface area (Å²) in [5.74, 6) is -0.598. The molecule has 0 saturated heterocycles. The highest BCUT2D eigenvalue weighted by atomic mass is 35.5. The summed E-state index contributed by atoms with van der Waals surface area (Å²) in [5.41, 5.74) is 7.81. The highest BCUT2D eigenvalue weighted by Gasteiger charge is 2.13. The van der Waals surface area contributed by atoms with Crippen molar-refractivity contribution in [2.75, 3.05) is 11.1 Å². The molecule has 0 spiro atoms. The Labute approximate surface area is 176 Å². The van der Waals surface area contributed by atoms with Crippen LogP contribution in [0, 0.1) is 0 Å². The van der Waals surface area contributed by atoms with Crippen LogP contribution >= 0.6 is 23.4 Å². The quantitative estimate of drug-likeness (QED) is 0.476. The van der Waals surface area contributed by atoms with Gasteiger partial charge in [0.25, 0.3) is 0 Å². The Kier molecular flexibility index (Phi) is 6.92. The molecule has 3 aromatic rings. The van der Waals surface area contributed by atoms with Gasteiger partial charge in [-0.2, -0.15) is 0 Å². The van der Waals surface area contributed by atoms with Gasteiger partial charge in [-0.25, -0.2) is 4.98 Å². The van der Waals surface area contributed by atoms with Crippen LogP contribution in [0.1, 0.15) is 21.6 Å². The second kappa shape index (κ2) is 9.60. The number of aromatic nitrogens is 2. The number of nitrogens with two attached hydrogens (primary N) is 1. The smallest absolute Gasteiger partial charge is 0.248 e. The van der Waals surface area contributed by atoms with Crippen molar-refractivity contribution in [3.05, 3.63) is 76.6 Å². The molecular weight excluding hydrogens is 412 g/mol. The van der Waals surface area contributed by atoms with Crippen molar-refractivity contribution in [2.45, 2.75) is 18.3 Å². The van der Waals surface area contributed by atoms with Crippen LogP contribution in [0.2, 0.25) is 5.02 Å². The number of carbonyl (C=O) groups is 2. The minimum atomic E-state index is -0.523. The number of nitrogens with zero attached hydrogens (tertiary/aromatic N) is 2. The molecule has 1 aromatic heterocycles. The summed E-state index contributed by atoms with van der Waals surface area (Å²) in [5, 5.41) is 13.6. The van der Waals surface area contributed by atoms with Gasteiger partial charge in [0.2, 0.25) is 11.8 Å². The fourth-order valence-electron chi connectivity index (χ4n) is 2.62. The average Bonchev–Trinajstić information content (AvgIpc) is 3.10. The SMILES string of the molecule is NC(=O)c1ccc(NC(=O)CSc2ncc(CO)n2Cc2ccc(Cl)cc2)cc1. The third kappa shape index (κ3) is 5.60. The van der Waals surface area contributed by atoms with E-state index >= 15 is 0 Å². The van der Waals surface area contributed by atoms with Crippen molar-refractivity contribution in [1.29, 1.82) is 0 Å². The summed E-state index contributed by atoms with van der Waals surface area (Å²) in [4.78, 5) is 27.7. The number of benzene rings is 2. The number of carbonyl (C=O) groups excluding carboxylic acids is 2. The second-order valence-electron chi connectivity index (χ2n) is 6.18. The summed E-state index contributed by atoms with van der Waals surface area (Å²) in [6, 6.07) is 13.8. The van der Waals surface area contributed by atoms with Gasteiger partial charge in [-0.1, -0.05) is 35.5 Å². The molecule has 1 heterocycles. The molecule has 4 N–H and O–H groups in total. The van der Waals surface area contributed by atoms with Gasteiger partial charge in [0.1, 0.15) is 0 Å². The van der Waals surface area contributed by atoms with Gasteiger partial charge in [0.15, 0.2) is 5.16 Å². The largest absolute Gasteiger partial charge is 0.390 e. The number of imidazole rings is 1. The maximum Gasteiger partial charge on any atom is 0.248 e. The van der Waals surface area contributed by atoms with E-state index in [1.165, 1.54) is 11.8 Å². The van der Waals surface area contributed by atoms with Gasteiger partial charge in [-0.15, -0.1) is 0 Å². The summed E-state index contributed by atoms with van der Waals surface area (Å²) < 4.78 is 1.86. The fourth-order valence-corrected chi connectivity index (χ4v) is 3.54. The summed E-state index contributed by atoms with van der Waals surface area (Å²) in [6.45, 7) is 0.352. The Morgan fingerprint density at radius 3 is 2.45 bits per heavy atom. The van der Waals surface area contributed by atoms with Crippen molar-refractivity contribution < 1.29 is 14.7 Å². The highest BCUT2D eigenvalue weighted by Crippen LogP contribution is 2.21. The van der Waals surface area contributed by atoms with Crippen LogP contribution < -0.4 is 11.1 Å². The van der Waals surface area contributed by atoms with E-state index in [2.05, 4.69) is 10.3 Å². The molecule has 150 valence electrons. The van der Waals surface area contributed by atoms with Crippen molar-refractivity contribution in [3.63, 3.8) is 0 Å². The first-order valence-corrected chi connectivity index (χ1v) is 10.0. The number of aliphatic hydroxyl groups is 1. The van der Waals surface area contributed by atoms with Gasteiger partial charge in [0, 0.05) is 22.8 Å². The van der Waals surface area contributed by atoms with E-state index in [4.69, 9.17) is 17.3 Å². The van der Waals surface area contributed by atoms with E-state index in [1.54, 1.807) is 42.6 Å². The summed E-state index contributed by atoms with van der Waals surface area (Å²) >= 11 is 7.20. The van der Waals surface area contributed by atoms with Crippen LogP contribution in [0.4, 0.5) is 5.69 Å². The van der Waals surface area contributed by atoms with E-state index < -0.39 is 5.91 Å². The number of nitrogens with one attached hydrogen (secondary N) is 1. The number of hydrogen-bond donors (Lipinski definition) is 3. The van der Waals surface area contributed by atoms with Crippen LogP contribution in [-0.2, 0) is 17.9 Å². The molecule has 2 amide bonds. The minimum Gasteiger partial charge on any atom is -0.390 e. The zero-order valence-corrected chi connectivity index (χ0v) is 16.9. The Morgan fingerprint density at radius 2 is 1.83 bits per heavy atom. The lowest BCUT2D eigenvalue weighted by Crippen LogP contribution is -2.15. The van der Waals surface area contributed by atoms with Gasteiger partial charge in [-0.05, 0) is 42.0 Å². The molecule has 0 aliphatic rings. The van der Waals surface area contributed by atoms with E-state index in [0.29, 0.717) is 33.7 Å². The number of aliphatic hydroxyl groups excluding tert-OH is 1. The van der Waals surface area contributed by atoms with Crippen molar-refractivity contribution >= 4 is 40.9 Å². The topological polar surface area (TPSA) is 110 Å². The normalized spacial score (nSPS) is 10.7. The van der Waals surface area contributed by atoms with E-state index in [-0.39, 0.29) is 18.3 Å². The molecule has 0 atom stereocenters. The molecule has 7 nitrogen and oxygen atoms in total. The lowest BCUT2D eigenvalue weighted by Gasteiger charge is -2.11. The minimum absolute atomic E-state index is 0.139. The first-order chi connectivity index (χ1) is 14.0. The lowest BCUT2D eigenvalue weighted by molar-refractivity contribution is -0.113. The number of rotatable bonds is 8. The molecule has 0 unspecified atom stereocenters. The first kappa shape index (κ1) is 20.9. The van der Waals surface area contributed by atoms with Crippen molar-refractivity contribution in [3.8, 4) is 0 Å². The molecule has 0 fully saturated rings. The molecule has 2 aromatic carbocycles. The Balaban J connectivity index is 1.63. The molecule has 9 heteroatoms. The molecular formula is C20H19ClN4O3S. The molecule has 3 rings (SSSR count). The number of thioether (sulfide) groups is 1. The van der Waals surface area contributed by atoms with Crippen LogP contribution in [0.3, 0.4) is 0 Å². The summed E-state index contributed by atoms with van der Waals surface area (Å²) in [6.07, 6.45) is 1.60. The predicted molar refractivity (Wildman–Crippen MR) is 113 cm³/mol. The van der Waals surface area contributed by atoms with Gasteiger partial charge in [-0.3, -0.25) is 9.59 Å². The maximum absolute atomic E-state index is 12.3. The van der Waals surface area contributed by atoms with E-state index in [0.717, 1.165) is 5.56 Å². The molecule has 0 aliphatic carbocycles. The summed E-state index contributed by atoms with van der Waals surface area (Å²) in [7, 11) is 0. The third-order valence-electron chi connectivity index (χ3n) is 4.10. The molecule has 0 bridgehead atoms. The number of halogens is 1. The molecule has 0 radical (unpaired) electrons. The molecule has 29 heavy (non-hydrogen) atoms. The molecule has 0 aliphatic heterocycles. The Hall–Kier alpha value is -2.81. The van der Waals surface area contributed by atoms with E-state index in [1.807, 2.05) is 16.7 Å². The van der Waals surface area contributed by atoms with Gasteiger partial charge < -0.3 is 20.7 Å². The maximum atomic E-state index is 12.3. The van der Waals surface area contributed by atoms with Crippen LogP contribution in [-0.4, -0.2) is 32.2 Å². The van der Waals surface area contributed by atoms with E-state index in [9.17, 15) is 14.7 Å². The zero-order valence-electron chi connectivity index (χ0n) is 15.3. The fraction of sp³-hybridized carbons (Fsp3) is 0.150. The zero-order chi connectivity index (χ0) is 20.8. The second-order valence-corrected chi connectivity index (χ2v) is 7.56. The van der Waals surface area contributed by atoms with Crippen molar-refractivity contribution in [1.82, 2.24) is 9.55 Å². The van der Waals surface area contributed by atoms with Gasteiger partial charge in [0.05, 0.1) is 24.3 Å².